The summed E-state index contributed by atoms with van der Waals surface area (Å²) in [7, 11) is 1.72. The van der Waals surface area contributed by atoms with E-state index in [9.17, 15) is 9.59 Å². The van der Waals surface area contributed by atoms with Crippen molar-refractivity contribution in [3.63, 3.8) is 0 Å². The van der Waals surface area contributed by atoms with Crippen LogP contribution in [-0.4, -0.2) is 66.1 Å². The molecule has 128 valence electrons. The third-order valence-electron chi connectivity index (χ3n) is 4.46. The number of methoxy groups -OCH3 is 1. The first-order chi connectivity index (χ1) is 10.9. The van der Waals surface area contributed by atoms with Crippen molar-refractivity contribution in [2.75, 3.05) is 39.9 Å². The number of rotatable bonds is 6. The highest BCUT2D eigenvalue weighted by Gasteiger charge is 2.30. The minimum Gasteiger partial charge on any atom is -0.383 e. The van der Waals surface area contributed by atoms with E-state index >= 15 is 0 Å². The molecule has 6 nitrogen and oxygen atoms in total. The zero-order valence-corrected chi connectivity index (χ0v) is 14.3. The molecule has 1 fully saturated rings. The fourth-order valence-electron chi connectivity index (χ4n) is 3.01. The Kier molecular flexibility index (Phi) is 5.96. The lowest BCUT2D eigenvalue weighted by molar-refractivity contribution is -0.134. The number of aromatic amines is 1. The van der Waals surface area contributed by atoms with Crippen LogP contribution in [0.3, 0.4) is 0 Å². The molecule has 2 rings (SSSR count). The summed E-state index contributed by atoms with van der Waals surface area (Å²) in [5.74, 6) is 0.181. The van der Waals surface area contributed by atoms with Crippen LogP contribution >= 0.6 is 0 Å². The van der Waals surface area contributed by atoms with E-state index in [4.69, 9.17) is 4.74 Å². The summed E-state index contributed by atoms with van der Waals surface area (Å²) in [6.07, 6.45) is 2.82. The van der Waals surface area contributed by atoms with Gasteiger partial charge in [-0.15, -0.1) is 0 Å². The first-order valence-electron chi connectivity index (χ1n) is 8.12. The second kappa shape index (κ2) is 7.75. The fourth-order valence-corrected chi connectivity index (χ4v) is 3.01. The largest absolute Gasteiger partial charge is 0.383 e. The molecule has 0 aliphatic carbocycles. The van der Waals surface area contributed by atoms with Crippen LogP contribution in [0.25, 0.3) is 0 Å². The molecule has 1 N–H and O–H groups in total. The zero-order valence-electron chi connectivity index (χ0n) is 14.3. The van der Waals surface area contributed by atoms with Gasteiger partial charge in [0.25, 0.3) is 0 Å². The summed E-state index contributed by atoms with van der Waals surface area (Å²) in [4.78, 5) is 30.3. The van der Waals surface area contributed by atoms with Gasteiger partial charge in [-0.25, -0.2) is 0 Å². The van der Waals surface area contributed by atoms with Crippen molar-refractivity contribution in [2.45, 2.75) is 32.2 Å². The van der Waals surface area contributed by atoms with Crippen molar-refractivity contribution in [3.8, 4) is 0 Å². The first kappa shape index (κ1) is 17.7. The Labute approximate surface area is 137 Å². The second-order valence-electron chi connectivity index (χ2n) is 6.67. The third kappa shape index (κ3) is 4.91. The molecule has 6 heteroatoms. The van der Waals surface area contributed by atoms with Crippen LogP contribution in [0.4, 0.5) is 0 Å². The van der Waals surface area contributed by atoms with Crippen LogP contribution in [0.15, 0.2) is 23.1 Å². The molecule has 23 heavy (non-hydrogen) atoms. The van der Waals surface area contributed by atoms with Crippen molar-refractivity contribution in [2.24, 2.45) is 0 Å². The summed E-state index contributed by atoms with van der Waals surface area (Å²) < 4.78 is 5.28. The summed E-state index contributed by atoms with van der Waals surface area (Å²) in [6, 6.07) is 3.27. The lowest BCUT2D eigenvalue weighted by Crippen LogP contribution is -2.57. The number of hydrogen-bond acceptors (Lipinski definition) is 4. The number of H-pyrrole nitrogens is 1. The molecule has 0 aromatic carbocycles. The maximum atomic E-state index is 12.3. The van der Waals surface area contributed by atoms with E-state index in [-0.39, 0.29) is 17.0 Å². The number of aromatic nitrogens is 1. The van der Waals surface area contributed by atoms with E-state index in [0.717, 1.165) is 31.7 Å². The molecular weight excluding hydrogens is 294 g/mol. The molecule has 1 aromatic heterocycles. The minimum absolute atomic E-state index is 0.000200. The highest BCUT2D eigenvalue weighted by molar-refractivity contribution is 5.76. The monoisotopic (exact) mass is 321 g/mol. The highest BCUT2D eigenvalue weighted by Crippen LogP contribution is 2.17. The molecule has 1 aliphatic heterocycles. The van der Waals surface area contributed by atoms with Gasteiger partial charge in [-0.1, -0.05) is 6.07 Å². The van der Waals surface area contributed by atoms with Gasteiger partial charge >= 0.3 is 0 Å². The summed E-state index contributed by atoms with van der Waals surface area (Å²) in [6.45, 7) is 8.30. The van der Waals surface area contributed by atoms with E-state index in [0.29, 0.717) is 19.4 Å². The number of hydrogen-bond donors (Lipinski definition) is 1. The number of nitrogens with zero attached hydrogens (tertiary/aromatic N) is 2. The Hall–Kier alpha value is -1.66. The number of piperazine rings is 1. The van der Waals surface area contributed by atoms with Crippen molar-refractivity contribution in [1.82, 2.24) is 14.8 Å². The predicted octanol–water partition coefficient (Wildman–Crippen LogP) is 0.877. The quantitative estimate of drug-likeness (QED) is 0.844. The van der Waals surface area contributed by atoms with Crippen molar-refractivity contribution >= 4 is 5.91 Å². The molecule has 2 heterocycles. The molecule has 1 amide bonds. The van der Waals surface area contributed by atoms with Gasteiger partial charge in [0.2, 0.25) is 11.5 Å². The van der Waals surface area contributed by atoms with Crippen molar-refractivity contribution in [1.29, 1.82) is 0 Å². The van der Waals surface area contributed by atoms with Gasteiger partial charge in [-0.2, -0.15) is 0 Å². The van der Waals surface area contributed by atoms with Crippen LogP contribution in [0.5, 0.6) is 0 Å². The van der Waals surface area contributed by atoms with Crippen LogP contribution < -0.4 is 5.56 Å². The molecule has 0 radical (unpaired) electrons. The first-order valence-corrected chi connectivity index (χ1v) is 8.12. The molecular formula is C17H27N3O3. The minimum atomic E-state index is -0.116. The Morgan fingerprint density at radius 2 is 1.96 bits per heavy atom. The van der Waals surface area contributed by atoms with Gasteiger partial charge in [0.15, 0.2) is 0 Å². The Bertz CT molecular complexity index is 554. The Morgan fingerprint density at radius 1 is 1.26 bits per heavy atom. The van der Waals surface area contributed by atoms with E-state index in [1.807, 2.05) is 4.90 Å². The van der Waals surface area contributed by atoms with Gasteiger partial charge in [-0.3, -0.25) is 14.5 Å². The van der Waals surface area contributed by atoms with Gasteiger partial charge in [0.1, 0.15) is 0 Å². The van der Waals surface area contributed by atoms with Crippen molar-refractivity contribution in [3.05, 3.63) is 34.2 Å². The lowest BCUT2D eigenvalue weighted by atomic mass is 10.0. The molecule has 0 bridgehead atoms. The Morgan fingerprint density at radius 3 is 2.52 bits per heavy atom. The number of pyridine rings is 1. The Balaban J connectivity index is 1.79. The standard InChI is InChI=1S/C17H27N3O3/c1-17(2,13-23-3)20-10-8-19(9-11-20)16(22)7-5-14-4-6-15(21)18-12-14/h4,6,12H,5,7-11,13H2,1-3H3,(H,18,21). The zero-order chi connectivity index (χ0) is 16.9. The molecule has 0 spiro atoms. The van der Waals surface area contributed by atoms with Crippen molar-refractivity contribution < 1.29 is 9.53 Å². The summed E-state index contributed by atoms with van der Waals surface area (Å²) >= 11 is 0. The molecule has 1 saturated heterocycles. The number of aryl methyl sites for hydroxylation is 1. The van der Waals surface area contributed by atoms with Crippen LogP contribution in [0.1, 0.15) is 25.8 Å². The van der Waals surface area contributed by atoms with Crippen LogP contribution in [0.2, 0.25) is 0 Å². The SMILES string of the molecule is COCC(C)(C)N1CCN(C(=O)CCc2ccc(=O)[nH]c2)CC1. The van der Waals surface area contributed by atoms with Gasteiger partial charge < -0.3 is 14.6 Å². The second-order valence-corrected chi connectivity index (χ2v) is 6.67. The average Bonchev–Trinajstić information content (AvgIpc) is 2.54. The lowest BCUT2D eigenvalue weighted by Gasteiger charge is -2.43. The molecule has 0 atom stereocenters. The van der Waals surface area contributed by atoms with E-state index in [1.54, 1.807) is 19.4 Å². The number of amides is 1. The number of nitrogens with one attached hydrogen (secondary N) is 1. The molecule has 0 saturated carbocycles. The topological polar surface area (TPSA) is 65.6 Å². The average molecular weight is 321 g/mol. The van der Waals surface area contributed by atoms with Crippen LogP contribution in [-0.2, 0) is 16.0 Å². The third-order valence-corrected chi connectivity index (χ3v) is 4.46. The van der Waals surface area contributed by atoms with E-state index < -0.39 is 0 Å². The maximum absolute atomic E-state index is 12.3. The van der Waals surface area contributed by atoms with Gasteiger partial charge in [0, 0.05) is 57.5 Å². The maximum Gasteiger partial charge on any atom is 0.247 e. The van der Waals surface area contributed by atoms with Crippen LogP contribution in [0, 0.1) is 0 Å². The fraction of sp³-hybridized carbons (Fsp3) is 0.647. The molecule has 0 unspecified atom stereocenters. The molecule has 1 aliphatic rings. The van der Waals surface area contributed by atoms with E-state index in [1.165, 1.54) is 6.07 Å². The highest BCUT2D eigenvalue weighted by atomic mass is 16.5. The number of ether oxygens (including phenoxy) is 1. The summed E-state index contributed by atoms with van der Waals surface area (Å²) in [5, 5.41) is 0. The van der Waals surface area contributed by atoms with Gasteiger partial charge in [-0.05, 0) is 25.8 Å². The normalized spacial score (nSPS) is 16.6. The predicted molar refractivity (Wildman–Crippen MR) is 89.5 cm³/mol. The number of carbonyl (C=O) groups is 1. The van der Waals surface area contributed by atoms with E-state index in [2.05, 4.69) is 23.7 Å². The number of carbonyl (C=O) groups excluding carboxylic acids is 1. The summed E-state index contributed by atoms with van der Waals surface area (Å²) in [5.41, 5.74) is 0.868. The smallest absolute Gasteiger partial charge is 0.247 e. The molecule has 1 aromatic rings. The van der Waals surface area contributed by atoms with Gasteiger partial charge in [0.05, 0.1) is 6.61 Å².